The molecule has 0 aromatic heterocycles. The minimum Gasteiger partial charge on any atom is -0.481 e. The van der Waals surface area contributed by atoms with Crippen molar-refractivity contribution >= 4 is 14.0 Å². The smallest absolute Gasteiger partial charge is 0.306 e. The highest BCUT2D eigenvalue weighted by molar-refractivity contribution is 6.88. The third-order valence-electron chi connectivity index (χ3n) is 4.50. The first-order chi connectivity index (χ1) is 9.68. The molecule has 0 amide bonds. The summed E-state index contributed by atoms with van der Waals surface area (Å²) < 4.78 is 5.15. The van der Waals surface area contributed by atoms with Gasteiger partial charge in [-0.3, -0.25) is 4.79 Å². The van der Waals surface area contributed by atoms with Crippen LogP contribution in [0.15, 0.2) is 23.9 Å². The molecule has 122 valence electrons. The largest absolute Gasteiger partial charge is 0.481 e. The molecule has 0 radical (unpaired) electrons. The number of hydrogen-bond donors (Lipinski definition) is 1. The Morgan fingerprint density at radius 3 is 1.86 bits per heavy atom. The summed E-state index contributed by atoms with van der Waals surface area (Å²) in [5.41, 5.74) is 4.45. The van der Waals surface area contributed by atoms with Gasteiger partial charge in [0.15, 0.2) is 0 Å². The normalized spacial score (nSPS) is 15.0. The maximum absolute atomic E-state index is 10.7. The lowest BCUT2D eigenvalue weighted by Crippen LogP contribution is -2.42. The van der Waals surface area contributed by atoms with E-state index in [0.29, 0.717) is 16.6 Å². The van der Waals surface area contributed by atoms with Gasteiger partial charge >= 0.3 is 5.97 Å². The Kier molecular flexibility index (Phi) is 8.82. The van der Waals surface area contributed by atoms with Crippen molar-refractivity contribution in [2.75, 3.05) is 7.11 Å². The monoisotopic (exact) mass is 312 g/mol. The summed E-state index contributed by atoms with van der Waals surface area (Å²) in [6.07, 6.45) is 5.50. The van der Waals surface area contributed by atoms with Crippen LogP contribution in [0.4, 0.5) is 0 Å². The lowest BCUT2D eigenvalue weighted by molar-refractivity contribution is -0.138. The van der Waals surface area contributed by atoms with Crippen LogP contribution < -0.4 is 0 Å². The Bertz CT molecular complexity index is 348. The molecular formula is C17H32O3Si. The van der Waals surface area contributed by atoms with E-state index in [1.165, 1.54) is 7.11 Å². The van der Waals surface area contributed by atoms with E-state index < -0.39 is 14.0 Å². The molecule has 0 aliphatic heterocycles. The number of rotatable bonds is 9. The fourth-order valence-corrected chi connectivity index (χ4v) is 8.99. The number of methoxy groups -OCH3 is 1. The molecule has 0 saturated heterocycles. The average Bonchev–Trinajstić information content (AvgIpc) is 2.35. The second-order valence-corrected chi connectivity index (χ2v) is 12.4. The highest BCUT2D eigenvalue weighted by Crippen LogP contribution is 2.42. The molecule has 3 nitrogen and oxygen atoms in total. The van der Waals surface area contributed by atoms with Crippen LogP contribution in [0.5, 0.6) is 0 Å². The van der Waals surface area contributed by atoms with E-state index in [2.05, 4.69) is 53.3 Å². The Morgan fingerprint density at radius 2 is 1.52 bits per heavy atom. The predicted molar refractivity (Wildman–Crippen MR) is 92.4 cm³/mol. The van der Waals surface area contributed by atoms with Crippen molar-refractivity contribution in [1.82, 2.24) is 0 Å². The number of carboxylic acid groups (broad SMARTS) is 1. The predicted octanol–water partition coefficient (Wildman–Crippen LogP) is 4.81. The van der Waals surface area contributed by atoms with Crippen LogP contribution in [0.1, 0.15) is 48.0 Å². The second-order valence-electron chi connectivity index (χ2n) is 6.58. The van der Waals surface area contributed by atoms with E-state index >= 15 is 0 Å². The molecule has 1 N–H and O–H groups in total. The quantitative estimate of drug-likeness (QED) is 0.491. The molecule has 0 aromatic rings. The van der Waals surface area contributed by atoms with E-state index in [1.807, 2.05) is 12.2 Å². The molecule has 0 bridgehead atoms. The zero-order valence-corrected chi connectivity index (χ0v) is 15.6. The van der Waals surface area contributed by atoms with Crippen molar-refractivity contribution in [3.63, 3.8) is 0 Å². The van der Waals surface area contributed by atoms with Gasteiger partial charge < -0.3 is 9.84 Å². The Balaban J connectivity index is 5.06. The van der Waals surface area contributed by atoms with Crippen LogP contribution in [-0.4, -0.2) is 32.4 Å². The van der Waals surface area contributed by atoms with Gasteiger partial charge in [-0.15, -0.1) is 0 Å². The summed E-state index contributed by atoms with van der Waals surface area (Å²) in [7, 11) is 0.00801. The van der Waals surface area contributed by atoms with Crippen molar-refractivity contribution < 1.29 is 14.6 Å². The number of carboxylic acids is 1. The number of allylic oxidation sites excluding steroid dienone is 2. The van der Waals surface area contributed by atoms with Crippen LogP contribution in [0.3, 0.4) is 0 Å². The molecule has 0 aliphatic rings. The van der Waals surface area contributed by atoms with Gasteiger partial charge in [-0.25, -0.2) is 0 Å². The van der Waals surface area contributed by atoms with Gasteiger partial charge in [0, 0.05) is 7.11 Å². The summed E-state index contributed by atoms with van der Waals surface area (Å²) in [5, 5.41) is 8.79. The standard InChI is InChI=1S/C17H32O3Si/c1-13(2)21(14(3)4,15(5)6)11-9-8-10-16(20-7)12-17(18)19/h8-11,13-16H,12H2,1-7H3,(H,18,19)/b10-8+,11-9-. The Morgan fingerprint density at radius 1 is 1.05 bits per heavy atom. The van der Waals surface area contributed by atoms with Crippen LogP contribution in [-0.2, 0) is 9.53 Å². The molecule has 0 heterocycles. The van der Waals surface area contributed by atoms with Gasteiger partial charge in [-0.05, 0) is 16.6 Å². The van der Waals surface area contributed by atoms with Gasteiger partial charge in [0.25, 0.3) is 0 Å². The summed E-state index contributed by atoms with van der Waals surface area (Å²) in [5.74, 6) is -0.842. The lowest BCUT2D eigenvalue weighted by atomic mass is 10.2. The summed E-state index contributed by atoms with van der Waals surface area (Å²) in [4.78, 5) is 10.7. The fraction of sp³-hybridized carbons (Fsp3) is 0.706. The van der Waals surface area contributed by atoms with Crippen molar-refractivity contribution in [2.24, 2.45) is 0 Å². The third kappa shape index (κ3) is 5.79. The van der Waals surface area contributed by atoms with Crippen molar-refractivity contribution in [2.45, 2.75) is 70.7 Å². The molecule has 0 saturated carbocycles. The van der Waals surface area contributed by atoms with E-state index in [-0.39, 0.29) is 12.5 Å². The highest BCUT2D eigenvalue weighted by Gasteiger charge is 2.39. The number of carbonyl (C=O) groups is 1. The molecular weight excluding hydrogens is 280 g/mol. The first kappa shape index (κ1) is 20.1. The average molecular weight is 313 g/mol. The van der Waals surface area contributed by atoms with E-state index in [1.54, 1.807) is 0 Å². The summed E-state index contributed by atoms with van der Waals surface area (Å²) in [6.45, 7) is 13.9. The van der Waals surface area contributed by atoms with Crippen molar-refractivity contribution in [3.05, 3.63) is 23.9 Å². The van der Waals surface area contributed by atoms with E-state index in [9.17, 15) is 4.79 Å². The van der Waals surface area contributed by atoms with Gasteiger partial charge in [-0.1, -0.05) is 65.5 Å². The van der Waals surface area contributed by atoms with Crippen LogP contribution >= 0.6 is 0 Å². The van der Waals surface area contributed by atoms with Crippen molar-refractivity contribution in [3.8, 4) is 0 Å². The zero-order valence-electron chi connectivity index (χ0n) is 14.6. The zero-order chi connectivity index (χ0) is 16.6. The second kappa shape index (κ2) is 9.21. The fourth-order valence-electron chi connectivity index (χ4n) is 3.39. The lowest BCUT2D eigenvalue weighted by Gasteiger charge is -2.40. The molecule has 1 unspecified atom stereocenters. The molecule has 0 rings (SSSR count). The molecule has 0 spiro atoms. The van der Waals surface area contributed by atoms with Crippen LogP contribution in [0.2, 0.25) is 16.6 Å². The molecule has 4 heteroatoms. The maximum Gasteiger partial charge on any atom is 0.306 e. The minimum absolute atomic E-state index is 0.00194. The number of ether oxygens (including phenoxy) is 1. The van der Waals surface area contributed by atoms with Gasteiger partial charge in [0.1, 0.15) is 0 Å². The first-order valence-electron chi connectivity index (χ1n) is 7.79. The van der Waals surface area contributed by atoms with Gasteiger partial charge in [-0.2, -0.15) is 0 Å². The molecule has 0 aromatic carbocycles. The van der Waals surface area contributed by atoms with E-state index in [0.717, 1.165) is 0 Å². The Hall–Kier alpha value is -0.873. The molecule has 0 aliphatic carbocycles. The molecule has 21 heavy (non-hydrogen) atoms. The summed E-state index contributed by atoms with van der Waals surface area (Å²) >= 11 is 0. The molecule has 0 fully saturated rings. The molecule has 1 atom stereocenters. The topological polar surface area (TPSA) is 46.5 Å². The van der Waals surface area contributed by atoms with Crippen LogP contribution in [0, 0.1) is 0 Å². The number of hydrogen-bond acceptors (Lipinski definition) is 2. The maximum atomic E-state index is 10.7. The third-order valence-corrected chi connectivity index (χ3v) is 11.3. The number of aliphatic carboxylic acids is 1. The van der Waals surface area contributed by atoms with E-state index in [4.69, 9.17) is 9.84 Å². The summed E-state index contributed by atoms with van der Waals surface area (Å²) in [6, 6.07) is 0. The van der Waals surface area contributed by atoms with Gasteiger partial charge in [0.2, 0.25) is 0 Å². The Labute approximate surface area is 131 Å². The minimum atomic E-state index is -1.53. The highest BCUT2D eigenvalue weighted by atomic mass is 28.3. The van der Waals surface area contributed by atoms with Crippen LogP contribution in [0.25, 0.3) is 0 Å². The SMILES string of the molecule is COC(/C=C/C=C\[Si](C(C)C)(C(C)C)C(C)C)CC(=O)O. The van der Waals surface area contributed by atoms with Gasteiger partial charge in [0.05, 0.1) is 20.6 Å². The first-order valence-corrected chi connectivity index (χ1v) is 10.1. The van der Waals surface area contributed by atoms with Crippen molar-refractivity contribution in [1.29, 1.82) is 0 Å².